The van der Waals surface area contributed by atoms with Gasteiger partial charge in [0.25, 0.3) is 0 Å². The Labute approximate surface area is 139 Å². The number of aromatic nitrogens is 1. The van der Waals surface area contributed by atoms with E-state index in [-0.39, 0.29) is 5.82 Å². The molecule has 0 N–H and O–H groups in total. The summed E-state index contributed by atoms with van der Waals surface area (Å²) in [6, 6.07) is 18.6. The van der Waals surface area contributed by atoms with Gasteiger partial charge in [-0.05, 0) is 68.4 Å². The molecule has 0 fully saturated rings. The Hall–Kier alpha value is -2.94. The predicted octanol–water partition coefficient (Wildman–Crippen LogP) is 5.92. The number of hydrogen-bond donors (Lipinski definition) is 0. The SMILES string of the molecule is Cc1cc(C)cc(-c2ccc3cc(-c4ccc(F)cc4)oc3n2)c1. The van der Waals surface area contributed by atoms with Crippen LogP contribution in [-0.2, 0) is 0 Å². The molecule has 118 valence electrons. The topological polar surface area (TPSA) is 26.0 Å². The molecule has 2 aromatic heterocycles. The van der Waals surface area contributed by atoms with Crippen molar-refractivity contribution in [3.8, 4) is 22.6 Å². The number of furan rings is 1. The smallest absolute Gasteiger partial charge is 0.227 e. The maximum absolute atomic E-state index is 13.1. The molecule has 24 heavy (non-hydrogen) atoms. The second kappa shape index (κ2) is 5.60. The van der Waals surface area contributed by atoms with Crippen molar-refractivity contribution in [1.29, 1.82) is 0 Å². The van der Waals surface area contributed by atoms with E-state index in [9.17, 15) is 4.39 Å². The number of nitrogens with zero attached hydrogens (tertiary/aromatic N) is 1. The van der Waals surface area contributed by atoms with E-state index >= 15 is 0 Å². The van der Waals surface area contributed by atoms with Crippen molar-refractivity contribution >= 4 is 11.1 Å². The van der Waals surface area contributed by atoms with Gasteiger partial charge in [0.05, 0.1) is 5.69 Å². The van der Waals surface area contributed by atoms with Gasteiger partial charge in [-0.25, -0.2) is 9.37 Å². The molecular formula is C21H16FNO. The summed E-state index contributed by atoms with van der Waals surface area (Å²) in [5.41, 5.74) is 5.80. The van der Waals surface area contributed by atoms with E-state index in [0.717, 1.165) is 22.2 Å². The van der Waals surface area contributed by atoms with E-state index in [1.54, 1.807) is 12.1 Å². The minimum Gasteiger partial charge on any atom is -0.438 e. The van der Waals surface area contributed by atoms with Gasteiger partial charge in [-0.1, -0.05) is 17.2 Å². The highest BCUT2D eigenvalue weighted by molar-refractivity contribution is 5.82. The number of aryl methyl sites for hydroxylation is 2. The van der Waals surface area contributed by atoms with Gasteiger partial charge in [-0.15, -0.1) is 0 Å². The third kappa shape index (κ3) is 2.69. The first-order valence-electron chi connectivity index (χ1n) is 7.84. The van der Waals surface area contributed by atoms with Crippen molar-refractivity contribution in [2.24, 2.45) is 0 Å². The Morgan fingerprint density at radius 1 is 0.792 bits per heavy atom. The summed E-state index contributed by atoms with van der Waals surface area (Å²) in [6.07, 6.45) is 0. The molecule has 0 spiro atoms. The maximum atomic E-state index is 13.1. The molecule has 0 atom stereocenters. The van der Waals surface area contributed by atoms with E-state index in [1.807, 2.05) is 18.2 Å². The molecule has 0 unspecified atom stereocenters. The van der Waals surface area contributed by atoms with Crippen molar-refractivity contribution in [1.82, 2.24) is 4.98 Å². The van der Waals surface area contributed by atoms with Crippen molar-refractivity contribution < 1.29 is 8.81 Å². The van der Waals surface area contributed by atoms with Crippen LogP contribution in [0, 0.1) is 19.7 Å². The zero-order chi connectivity index (χ0) is 16.7. The molecule has 0 aliphatic rings. The highest BCUT2D eigenvalue weighted by Crippen LogP contribution is 2.29. The molecule has 2 heterocycles. The number of halogens is 1. The number of hydrogen-bond acceptors (Lipinski definition) is 2. The normalized spacial score (nSPS) is 11.1. The van der Waals surface area contributed by atoms with Gasteiger partial charge in [0.1, 0.15) is 11.6 Å². The number of fused-ring (bicyclic) bond motifs is 1. The van der Waals surface area contributed by atoms with Gasteiger partial charge < -0.3 is 4.42 Å². The fourth-order valence-electron chi connectivity index (χ4n) is 2.96. The van der Waals surface area contributed by atoms with E-state index in [2.05, 4.69) is 37.0 Å². The van der Waals surface area contributed by atoms with Gasteiger partial charge in [-0.2, -0.15) is 0 Å². The molecule has 0 bridgehead atoms. The van der Waals surface area contributed by atoms with Crippen LogP contribution in [-0.4, -0.2) is 4.98 Å². The van der Waals surface area contributed by atoms with Gasteiger partial charge >= 0.3 is 0 Å². The molecule has 2 aromatic carbocycles. The second-order valence-corrected chi connectivity index (χ2v) is 6.08. The lowest BCUT2D eigenvalue weighted by molar-refractivity contribution is 0.616. The molecular weight excluding hydrogens is 301 g/mol. The first-order valence-corrected chi connectivity index (χ1v) is 7.84. The van der Waals surface area contributed by atoms with Crippen LogP contribution in [0.1, 0.15) is 11.1 Å². The quantitative estimate of drug-likeness (QED) is 0.459. The summed E-state index contributed by atoms with van der Waals surface area (Å²) in [7, 11) is 0. The third-order valence-corrected chi connectivity index (χ3v) is 4.03. The van der Waals surface area contributed by atoms with Crippen molar-refractivity contribution in [3.63, 3.8) is 0 Å². The molecule has 3 heteroatoms. The maximum Gasteiger partial charge on any atom is 0.227 e. The van der Waals surface area contributed by atoms with E-state index < -0.39 is 0 Å². The number of pyridine rings is 1. The molecule has 4 rings (SSSR count). The van der Waals surface area contributed by atoms with Crippen LogP contribution < -0.4 is 0 Å². The van der Waals surface area contributed by atoms with Crippen molar-refractivity contribution in [2.75, 3.05) is 0 Å². The predicted molar refractivity (Wildman–Crippen MR) is 94.3 cm³/mol. The second-order valence-electron chi connectivity index (χ2n) is 6.08. The fraction of sp³-hybridized carbons (Fsp3) is 0.0952. The zero-order valence-electron chi connectivity index (χ0n) is 13.5. The van der Waals surface area contributed by atoms with Crippen LogP contribution >= 0.6 is 0 Å². The van der Waals surface area contributed by atoms with Crippen LogP contribution in [0.4, 0.5) is 4.39 Å². The van der Waals surface area contributed by atoms with E-state index in [4.69, 9.17) is 4.42 Å². The summed E-state index contributed by atoms with van der Waals surface area (Å²) in [5, 5.41) is 0.933. The molecule has 0 amide bonds. The number of rotatable bonds is 2. The Morgan fingerprint density at radius 2 is 1.50 bits per heavy atom. The van der Waals surface area contributed by atoms with E-state index in [0.29, 0.717) is 11.5 Å². The van der Waals surface area contributed by atoms with Crippen LogP contribution in [0.15, 0.2) is 65.1 Å². The standard InChI is InChI=1S/C21H16FNO/c1-13-9-14(2)11-17(10-13)19-8-5-16-12-20(24-21(16)23-19)15-3-6-18(22)7-4-15/h3-12H,1-2H3. The molecule has 4 aromatic rings. The molecule has 0 aliphatic heterocycles. The Morgan fingerprint density at radius 3 is 2.21 bits per heavy atom. The Balaban J connectivity index is 1.79. The molecule has 2 nitrogen and oxygen atoms in total. The van der Waals surface area contributed by atoms with Crippen LogP contribution in [0.25, 0.3) is 33.7 Å². The van der Waals surface area contributed by atoms with Gasteiger partial charge in [0.2, 0.25) is 5.71 Å². The largest absolute Gasteiger partial charge is 0.438 e. The molecule has 0 radical (unpaired) electrons. The van der Waals surface area contributed by atoms with Crippen LogP contribution in [0.5, 0.6) is 0 Å². The van der Waals surface area contributed by atoms with Gasteiger partial charge in [0.15, 0.2) is 0 Å². The molecule has 0 saturated heterocycles. The van der Waals surface area contributed by atoms with E-state index in [1.165, 1.54) is 23.3 Å². The van der Waals surface area contributed by atoms with Crippen LogP contribution in [0.3, 0.4) is 0 Å². The van der Waals surface area contributed by atoms with Crippen molar-refractivity contribution in [3.05, 3.63) is 77.6 Å². The lowest BCUT2D eigenvalue weighted by Gasteiger charge is -2.04. The highest BCUT2D eigenvalue weighted by Gasteiger charge is 2.10. The lowest BCUT2D eigenvalue weighted by atomic mass is 10.0. The first-order chi connectivity index (χ1) is 11.6. The molecule has 0 aliphatic carbocycles. The monoisotopic (exact) mass is 317 g/mol. The van der Waals surface area contributed by atoms with Crippen molar-refractivity contribution in [2.45, 2.75) is 13.8 Å². The summed E-state index contributed by atoms with van der Waals surface area (Å²) in [5.74, 6) is 0.431. The summed E-state index contributed by atoms with van der Waals surface area (Å²) >= 11 is 0. The average molecular weight is 317 g/mol. The lowest BCUT2D eigenvalue weighted by Crippen LogP contribution is -1.86. The Kier molecular flexibility index (Phi) is 3.42. The summed E-state index contributed by atoms with van der Waals surface area (Å²) in [4.78, 5) is 4.65. The molecule has 0 saturated carbocycles. The minimum atomic E-state index is -0.259. The average Bonchev–Trinajstić information content (AvgIpc) is 2.97. The van der Waals surface area contributed by atoms with Gasteiger partial charge in [0, 0.05) is 16.5 Å². The minimum absolute atomic E-state index is 0.259. The first kappa shape index (κ1) is 14.6. The van der Waals surface area contributed by atoms with Gasteiger partial charge in [-0.3, -0.25) is 0 Å². The number of benzene rings is 2. The zero-order valence-corrected chi connectivity index (χ0v) is 13.5. The van der Waals surface area contributed by atoms with Crippen LogP contribution in [0.2, 0.25) is 0 Å². The highest BCUT2D eigenvalue weighted by atomic mass is 19.1. The fourth-order valence-corrected chi connectivity index (χ4v) is 2.96. The Bertz CT molecular complexity index is 1010. The summed E-state index contributed by atoms with van der Waals surface area (Å²) in [6.45, 7) is 4.16. The summed E-state index contributed by atoms with van der Waals surface area (Å²) < 4.78 is 19.0. The third-order valence-electron chi connectivity index (χ3n) is 4.03.